The maximum atomic E-state index is 14.1. The number of aryl methyl sites for hydroxylation is 1. The first-order valence-electron chi connectivity index (χ1n) is 8.35. The molecule has 3 aromatic rings. The predicted octanol–water partition coefficient (Wildman–Crippen LogP) is 3.06. The van der Waals surface area contributed by atoms with E-state index < -0.39 is 17.5 Å². The second kappa shape index (κ2) is 6.48. The van der Waals surface area contributed by atoms with Crippen LogP contribution >= 0.6 is 0 Å². The van der Waals surface area contributed by atoms with Crippen LogP contribution in [-0.4, -0.2) is 15.7 Å². The highest BCUT2D eigenvalue weighted by molar-refractivity contribution is 6.08. The molecule has 1 aliphatic heterocycles. The van der Waals surface area contributed by atoms with Gasteiger partial charge in [0.2, 0.25) is 0 Å². The van der Waals surface area contributed by atoms with Crippen LogP contribution < -0.4 is 16.0 Å². The van der Waals surface area contributed by atoms with Crippen molar-refractivity contribution in [1.29, 1.82) is 0 Å². The first kappa shape index (κ1) is 17.2. The SMILES string of the molecule is Cn1ncc2c1Nc1cc(F)ccc1N(C(=O)c1ccc(CN)c(F)c1)C2. The molecule has 0 saturated heterocycles. The van der Waals surface area contributed by atoms with E-state index >= 15 is 0 Å². The molecule has 2 aromatic carbocycles. The van der Waals surface area contributed by atoms with Gasteiger partial charge in [0.05, 0.1) is 24.1 Å². The number of rotatable bonds is 2. The standard InChI is InChI=1S/C19H17F2N5O/c1-25-18-13(9-23-25)10-26(17-5-4-14(20)7-16(17)24-18)19(27)11-2-3-12(8-22)15(21)6-11/h2-7,9,24H,8,10,22H2,1H3. The van der Waals surface area contributed by atoms with E-state index in [1.165, 1.54) is 35.2 Å². The molecular formula is C19H17F2N5O. The van der Waals surface area contributed by atoms with Crippen molar-refractivity contribution in [3.8, 4) is 0 Å². The zero-order chi connectivity index (χ0) is 19.1. The molecule has 1 amide bonds. The summed E-state index contributed by atoms with van der Waals surface area (Å²) in [5.74, 6) is -0.694. The second-order valence-electron chi connectivity index (χ2n) is 6.33. The molecule has 6 nitrogen and oxygen atoms in total. The van der Waals surface area contributed by atoms with Crippen LogP contribution in [0.1, 0.15) is 21.5 Å². The third-order valence-electron chi connectivity index (χ3n) is 4.61. The molecule has 4 rings (SSSR count). The number of hydrogen-bond donors (Lipinski definition) is 2. The Balaban J connectivity index is 1.81. The van der Waals surface area contributed by atoms with Gasteiger partial charge in [-0.3, -0.25) is 9.48 Å². The van der Waals surface area contributed by atoms with Crippen LogP contribution in [0.4, 0.5) is 26.0 Å². The molecule has 1 aromatic heterocycles. The van der Waals surface area contributed by atoms with Gasteiger partial charge in [-0.2, -0.15) is 5.10 Å². The van der Waals surface area contributed by atoms with E-state index in [2.05, 4.69) is 10.4 Å². The van der Waals surface area contributed by atoms with Crippen molar-refractivity contribution in [3.05, 3.63) is 70.9 Å². The minimum Gasteiger partial charge on any atom is -0.338 e. The summed E-state index contributed by atoms with van der Waals surface area (Å²) in [4.78, 5) is 14.6. The molecule has 3 N–H and O–H groups in total. The molecule has 1 aliphatic rings. The van der Waals surface area contributed by atoms with Crippen molar-refractivity contribution in [3.63, 3.8) is 0 Å². The molecule has 0 atom stereocenters. The van der Waals surface area contributed by atoms with Gasteiger partial charge in [-0.1, -0.05) is 6.07 Å². The molecule has 138 valence electrons. The number of carbonyl (C=O) groups is 1. The topological polar surface area (TPSA) is 76.2 Å². The maximum absolute atomic E-state index is 14.1. The Morgan fingerprint density at radius 3 is 2.81 bits per heavy atom. The molecule has 0 bridgehead atoms. The number of nitrogens with two attached hydrogens (primary N) is 1. The van der Waals surface area contributed by atoms with Gasteiger partial charge in [0.1, 0.15) is 17.5 Å². The summed E-state index contributed by atoms with van der Waals surface area (Å²) in [5, 5.41) is 7.32. The highest BCUT2D eigenvalue weighted by Crippen LogP contribution is 2.36. The number of amides is 1. The number of anilines is 3. The van der Waals surface area contributed by atoms with Gasteiger partial charge in [-0.25, -0.2) is 8.78 Å². The molecular weight excluding hydrogens is 352 g/mol. The van der Waals surface area contributed by atoms with Crippen LogP contribution in [0.5, 0.6) is 0 Å². The van der Waals surface area contributed by atoms with Crippen molar-refractivity contribution in [2.24, 2.45) is 12.8 Å². The average molecular weight is 369 g/mol. The number of benzene rings is 2. The van der Waals surface area contributed by atoms with Gasteiger partial charge in [0.15, 0.2) is 0 Å². The molecule has 2 heterocycles. The molecule has 0 aliphatic carbocycles. The van der Waals surface area contributed by atoms with Crippen molar-refractivity contribution in [1.82, 2.24) is 9.78 Å². The van der Waals surface area contributed by atoms with E-state index in [9.17, 15) is 13.6 Å². The predicted molar refractivity (Wildman–Crippen MR) is 97.7 cm³/mol. The van der Waals surface area contributed by atoms with Gasteiger partial charge in [-0.15, -0.1) is 0 Å². The fraction of sp³-hybridized carbons (Fsp3) is 0.158. The van der Waals surface area contributed by atoms with Crippen LogP contribution in [0, 0.1) is 11.6 Å². The zero-order valence-electron chi connectivity index (χ0n) is 14.5. The summed E-state index contributed by atoms with van der Waals surface area (Å²) in [7, 11) is 1.75. The lowest BCUT2D eigenvalue weighted by atomic mass is 10.1. The van der Waals surface area contributed by atoms with Crippen LogP contribution in [0.3, 0.4) is 0 Å². The molecule has 0 unspecified atom stereocenters. The summed E-state index contributed by atoms with van der Waals surface area (Å²) in [6.45, 7) is 0.267. The molecule has 0 saturated carbocycles. The number of aromatic nitrogens is 2. The van der Waals surface area contributed by atoms with Crippen molar-refractivity contribution in [2.75, 3.05) is 10.2 Å². The first-order valence-corrected chi connectivity index (χ1v) is 8.35. The number of nitrogens with one attached hydrogen (secondary N) is 1. The monoisotopic (exact) mass is 369 g/mol. The molecule has 0 radical (unpaired) electrons. The third-order valence-corrected chi connectivity index (χ3v) is 4.61. The van der Waals surface area contributed by atoms with Crippen molar-refractivity contribution >= 4 is 23.1 Å². The molecule has 8 heteroatoms. The second-order valence-corrected chi connectivity index (χ2v) is 6.33. The summed E-state index contributed by atoms with van der Waals surface area (Å²) in [6, 6.07) is 8.34. The van der Waals surface area contributed by atoms with E-state index in [0.29, 0.717) is 22.8 Å². The summed E-state index contributed by atoms with van der Waals surface area (Å²) in [5.41, 5.74) is 7.71. The lowest BCUT2D eigenvalue weighted by Crippen LogP contribution is -2.30. The number of nitrogens with zero attached hydrogens (tertiary/aromatic N) is 3. The third kappa shape index (κ3) is 2.93. The van der Waals surface area contributed by atoms with Crippen molar-refractivity contribution in [2.45, 2.75) is 13.1 Å². The van der Waals surface area contributed by atoms with E-state index in [0.717, 1.165) is 5.56 Å². The lowest BCUT2D eigenvalue weighted by molar-refractivity contribution is 0.0985. The zero-order valence-corrected chi connectivity index (χ0v) is 14.5. The Hall–Kier alpha value is -3.26. The average Bonchev–Trinajstić information content (AvgIpc) is 2.90. The minimum atomic E-state index is -0.530. The van der Waals surface area contributed by atoms with Crippen LogP contribution in [0.25, 0.3) is 0 Å². The van der Waals surface area contributed by atoms with Gasteiger partial charge in [-0.05, 0) is 30.3 Å². The molecule has 27 heavy (non-hydrogen) atoms. The van der Waals surface area contributed by atoms with Crippen LogP contribution in [0.2, 0.25) is 0 Å². The Morgan fingerprint density at radius 1 is 1.26 bits per heavy atom. The van der Waals surface area contributed by atoms with Gasteiger partial charge < -0.3 is 16.0 Å². The van der Waals surface area contributed by atoms with Crippen molar-refractivity contribution < 1.29 is 13.6 Å². The normalized spacial score (nSPS) is 12.8. The van der Waals surface area contributed by atoms with E-state index in [-0.39, 0.29) is 18.7 Å². The Bertz CT molecular complexity index is 1050. The van der Waals surface area contributed by atoms with E-state index in [1.54, 1.807) is 24.0 Å². The molecule has 0 spiro atoms. The van der Waals surface area contributed by atoms with Gasteiger partial charge in [0, 0.05) is 30.3 Å². The highest BCUT2D eigenvalue weighted by atomic mass is 19.1. The fourth-order valence-electron chi connectivity index (χ4n) is 3.17. The first-order chi connectivity index (χ1) is 13.0. The van der Waals surface area contributed by atoms with Gasteiger partial charge >= 0.3 is 0 Å². The Labute approximate surface area is 154 Å². The number of halogens is 2. The Morgan fingerprint density at radius 2 is 2.07 bits per heavy atom. The van der Waals surface area contributed by atoms with E-state index in [4.69, 9.17) is 5.73 Å². The number of hydrogen-bond acceptors (Lipinski definition) is 4. The van der Waals surface area contributed by atoms with Crippen LogP contribution in [0.15, 0.2) is 42.6 Å². The summed E-state index contributed by atoms with van der Waals surface area (Å²) in [6.07, 6.45) is 1.64. The fourth-order valence-corrected chi connectivity index (χ4v) is 3.17. The quantitative estimate of drug-likeness (QED) is 0.728. The molecule has 0 fully saturated rings. The maximum Gasteiger partial charge on any atom is 0.258 e. The minimum absolute atomic E-state index is 0.0507. The van der Waals surface area contributed by atoms with Gasteiger partial charge in [0.25, 0.3) is 5.91 Å². The van der Waals surface area contributed by atoms with Crippen LogP contribution in [-0.2, 0) is 20.1 Å². The summed E-state index contributed by atoms with van der Waals surface area (Å²) >= 11 is 0. The smallest absolute Gasteiger partial charge is 0.258 e. The largest absolute Gasteiger partial charge is 0.338 e. The summed E-state index contributed by atoms with van der Waals surface area (Å²) < 4.78 is 29.5. The Kier molecular flexibility index (Phi) is 4.12. The highest BCUT2D eigenvalue weighted by Gasteiger charge is 2.27. The number of fused-ring (bicyclic) bond motifs is 2. The van der Waals surface area contributed by atoms with E-state index in [1.807, 2.05) is 0 Å². The number of carbonyl (C=O) groups excluding carboxylic acids is 1. The lowest BCUT2D eigenvalue weighted by Gasteiger charge is -2.23.